The zero-order valence-electron chi connectivity index (χ0n) is 13.9. The van der Waals surface area contributed by atoms with Crippen molar-refractivity contribution in [1.29, 1.82) is 0 Å². The quantitative estimate of drug-likeness (QED) is 0.655. The van der Waals surface area contributed by atoms with Gasteiger partial charge >= 0.3 is 0 Å². The molecule has 0 saturated heterocycles. The largest absolute Gasteiger partial charge is 0.489 e. The second-order valence-electron chi connectivity index (χ2n) is 5.85. The Morgan fingerprint density at radius 3 is 2.70 bits per heavy atom. The molecule has 0 fully saturated rings. The van der Waals surface area contributed by atoms with E-state index in [-0.39, 0.29) is 6.61 Å². The Bertz CT molecular complexity index is 583. The summed E-state index contributed by atoms with van der Waals surface area (Å²) in [6.07, 6.45) is 3.04. The van der Waals surface area contributed by atoms with E-state index in [1.807, 2.05) is 18.2 Å². The molecule has 0 spiro atoms. The standard InChI is InChI=1S/C20H27NO2/c1-17-8-7-9-18(14-17)16-23-20-11-4-3-10-19(20)15-21-12-5-2-6-13-22/h3-4,7-11,14,21-22H,2,5-6,12-13,15-16H2,1H3. The molecule has 2 aromatic carbocycles. The summed E-state index contributed by atoms with van der Waals surface area (Å²) in [6, 6.07) is 16.6. The van der Waals surface area contributed by atoms with E-state index in [1.165, 1.54) is 16.7 Å². The van der Waals surface area contributed by atoms with Crippen LogP contribution in [-0.4, -0.2) is 18.3 Å². The number of para-hydroxylation sites is 1. The molecule has 23 heavy (non-hydrogen) atoms. The summed E-state index contributed by atoms with van der Waals surface area (Å²) in [7, 11) is 0. The highest BCUT2D eigenvalue weighted by atomic mass is 16.5. The van der Waals surface area contributed by atoms with E-state index in [1.54, 1.807) is 0 Å². The summed E-state index contributed by atoms with van der Waals surface area (Å²) < 4.78 is 6.00. The van der Waals surface area contributed by atoms with Crippen LogP contribution in [0.4, 0.5) is 0 Å². The predicted molar refractivity (Wildman–Crippen MR) is 94.6 cm³/mol. The summed E-state index contributed by atoms with van der Waals surface area (Å²) in [5.74, 6) is 0.942. The van der Waals surface area contributed by atoms with Crippen molar-refractivity contribution in [1.82, 2.24) is 5.32 Å². The lowest BCUT2D eigenvalue weighted by molar-refractivity contribution is 0.282. The van der Waals surface area contributed by atoms with Crippen molar-refractivity contribution in [2.45, 2.75) is 39.3 Å². The topological polar surface area (TPSA) is 41.5 Å². The zero-order chi connectivity index (χ0) is 16.3. The lowest BCUT2D eigenvalue weighted by Crippen LogP contribution is -2.15. The molecule has 0 aliphatic rings. The van der Waals surface area contributed by atoms with Gasteiger partial charge in [-0.15, -0.1) is 0 Å². The lowest BCUT2D eigenvalue weighted by Gasteiger charge is -2.12. The Kier molecular flexibility index (Phi) is 7.64. The smallest absolute Gasteiger partial charge is 0.124 e. The fourth-order valence-corrected chi connectivity index (χ4v) is 2.52. The van der Waals surface area contributed by atoms with E-state index < -0.39 is 0 Å². The average molecular weight is 313 g/mol. The van der Waals surface area contributed by atoms with Crippen molar-refractivity contribution >= 4 is 0 Å². The predicted octanol–water partition coefficient (Wildman–Crippen LogP) is 3.83. The van der Waals surface area contributed by atoms with Gasteiger partial charge in [0, 0.05) is 18.7 Å². The molecule has 0 radical (unpaired) electrons. The van der Waals surface area contributed by atoms with E-state index in [0.29, 0.717) is 6.61 Å². The second-order valence-corrected chi connectivity index (χ2v) is 5.85. The van der Waals surface area contributed by atoms with Crippen molar-refractivity contribution in [3.05, 3.63) is 65.2 Å². The van der Waals surface area contributed by atoms with Gasteiger partial charge in [-0.05, 0) is 44.4 Å². The maximum atomic E-state index is 8.77. The molecule has 0 atom stereocenters. The van der Waals surface area contributed by atoms with Gasteiger partial charge in [0.2, 0.25) is 0 Å². The number of unbranched alkanes of at least 4 members (excludes halogenated alkanes) is 2. The third kappa shape index (κ3) is 6.43. The number of aliphatic hydroxyl groups is 1. The van der Waals surface area contributed by atoms with Gasteiger partial charge in [0.05, 0.1) is 0 Å². The molecular weight excluding hydrogens is 286 g/mol. The molecule has 0 aliphatic heterocycles. The summed E-state index contributed by atoms with van der Waals surface area (Å²) in [4.78, 5) is 0. The minimum Gasteiger partial charge on any atom is -0.489 e. The number of aryl methyl sites for hydroxylation is 1. The number of hydrogen-bond donors (Lipinski definition) is 2. The summed E-state index contributed by atoms with van der Waals surface area (Å²) in [6.45, 7) is 4.75. The minimum absolute atomic E-state index is 0.287. The normalized spacial score (nSPS) is 10.7. The SMILES string of the molecule is Cc1cccc(COc2ccccc2CNCCCCCO)c1. The van der Waals surface area contributed by atoms with Crippen LogP contribution in [0.3, 0.4) is 0 Å². The van der Waals surface area contributed by atoms with Gasteiger partial charge in [0.25, 0.3) is 0 Å². The van der Waals surface area contributed by atoms with Crippen LogP contribution in [0.1, 0.15) is 36.0 Å². The highest BCUT2D eigenvalue weighted by Crippen LogP contribution is 2.19. The molecule has 0 aliphatic carbocycles. The Morgan fingerprint density at radius 1 is 1.00 bits per heavy atom. The van der Waals surface area contributed by atoms with E-state index in [0.717, 1.165) is 38.1 Å². The Balaban J connectivity index is 1.82. The first-order valence-electron chi connectivity index (χ1n) is 8.37. The molecule has 0 aromatic heterocycles. The summed E-state index contributed by atoms with van der Waals surface area (Å²) >= 11 is 0. The molecule has 2 N–H and O–H groups in total. The van der Waals surface area contributed by atoms with Gasteiger partial charge in [0.15, 0.2) is 0 Å². The fraction of sp³-hybridized carbons (Fsp3) is 0.400. The molecule has 3 heteroatoms. The summed E-state index contributed by atoms with van der Waals surface area (Å²) in [5.41, 5.74) is 3.63. The van der Waals surface area contributed by atoms with Gasteiger partial charge in [-0.3, -0.25) is 0 Å². The Hall–Kier alpha value is -1.84. The highest BCUT2D eigenvalue weighted by Gasteiger charge is 2.03. The van der Waals surface area contributed by atoms with Crippen molar-refractivity contribution < 1.29 is 9.84 Å². The van der Waals surface area contributed by atoms with E-state index >= 15 is 0 Å². The number of hydrogen-bond acceptors (Lipinski definition) is 3. The molecule has 0 heterocycles. The molecule has 0 amide bonds. The monoisotopic (exact) mass is 313 g/mol. The molecule has 3 nitrogen and oxygen atoms in total. The number of ether oxygens (including phenoxy) is 1. The van der Waals surface area contributed by atoms with Crippen LogP contribution in [0.25, 0.3) is 0 Å². The van der Waals surface area contributed by atoms with Crippen LogP contribution in [0.15, 0.2) is 48.5 Å². The zero-order valence-corrected chi connectivity index (χ0v) is 13.9. The van der Waals surface area contributed by atoms with Crippen molar-refractivity contribution in [3.8, 4) is 5.75 Å². The second kappa shape index (κ2) is 10.0. The third-order valence-electron chi connectivity index (χ3n) is 3.78. The Labute approximate surface area is 139 Å². The first-order chi connectivity index (χ1) is 11.3. The number of nitrogens with one attached hydrogen (secondary N) is 1. The van der Waals surface area contributed by atoms with Crippen LogP contribution in [0.5, 0.6) is 5.75 Å². The summed E-state index contributed by atoms with van der Waals surface area (Å²) in [5, 5.41) is 12.2. The van der Waals surface area contributed by atoms with Crippen LogP contribution >= 0.6 is 0 Å². The molecule has 0 bridgehead atoms. The van der Waals surface area contributed by atoms with Gasteiger partial charge in [-0.2, -0.15) is 0 Å². The van der Waals surface area contributed by atoms with E-state index in [4.69, 9.17) is 9.84 Å². The third-order valence-corrected chi connectivity index (χ3v) is 3.78. The van der Waals surface area contributed by atoms with Crippen LogP contribution in [0.2, 0.25) is 0 Å². The fourth-order valence-electron chi connectivity index (χ4n) is 2.52. The van der Waals surface area contributed by atoms with Gasteiger partial charge in [0.1, 0.15) is 12.4 Å². The van der Waals surface area contributed by atoms with Crippen molar-refractivity contribution in [2.75, 3.05) is 13.2 Å². The first kappa shape index (κ1) is 17.5. The van der Waals surface area contributed by atoms with Crippen molar-refractivity contribution in [3.63, 3.8) is 0 Å². The molecule has 2 aromatic rings. The van der Waals surface area contributed by atoms with E-state index in [2.05, 4.69) is 42.6 Å². The highest BCUT2D eigenvalue weighted by molar-refractivity contribution is 5.33. The molecule has 124 valence electrons. The maximum absolute atomic E-state index is 8.77. The van der Waals surface area contributed by atoms with E-state index in [9.17, 15) is 0 Å². The van der Waals surface area contributed by atoms with Crippen LogP contribution < -0.4 is 10.1 Å². The maximum Gasteiger partial charge on any atom is 0.124 e. The number of rotatable bonds is 10. The lowest BCUT2D eigenvalue weighted by atomic mass is 10.1. The molecule has 0 saturated carbocycles. The average Bonchev–Trinajstić information content (AvgIpc) is 2.57. The Morgan fingerprint density at radius 2 is 1.87 bits per heavy atom. The molecular formula is C20H27NO2. The van der Waals surface area contributed by atoms with Crippen molar-refractivity contribution in [2.24, 2.45) is 0 Å². The number of benzene rings is 2. The number of aliphatic hydroxyl groups excluding tert-OH is 1. The molecule has 0 unspecified atom stereocenters. The van der Waals surface area contributed by atoms with Gasteiger partial charge in [-0.25, -0.2) is 0 Å². The van der Waals surface area contributed by atoms with Gasteiger partial charge in [-0.1, -0.05) is 48.0 Å². The van der Waals surface area contributed by atoms with Gasteiger partial charge < -0.3 is 15.2 Å². The molecule has 2 rings (SSSR count). The minimum atomic E-state index is 0.287. The van der Waals surface area contributed by atoms with Crippen LogP contribution in [-0.2, 0) is 13.2 Å². The first-order valence-corrected chi connectivity index (χ1v) is 8.37. The van der Waals surface area contributed by atoms with Crippen LogP contribution in [0, 0.1) is 6.92 Å².